The summed E-state index contributed by atoms with van der Waals surface area (Å²) in [5.41, 5.74) is 4.00. The van der Waals surface area contributed by atoms with Gasteiger partial charge in [0, 0.05) is 37.6 Å². The molecular weight excluding hydrogens is 340 g/mol. The molecule has 0 spiro atoms. The molecule has 0 radical (unpaired) electrons. The van der Waals surface area contributed by atoms with Crippen molar-refractivity contribution in [2.24, 2.45) is 5.41 Å². The predicted octanol–water partition coefficient (Wildman–Crippen LogP) is 6.16. The molecule has 0 aliphatic heterocycles. The summed E-state index contributed by atoms with van der Waals surface area (Å²) in [4.78, 5) is 5.18. The topological polar surface area (TPSA) is 6.48 Å². The molecule has 2 heteroatoms. The molecule has 0 aromatic heterocycles. The molecule has 1 aliphatic rings. The molecule has 2 rings (SSSR count). The zero-order chi connectivity index (χ0) is 20.6. The van der Waals surface area contributed by atoms with Gasteiger partial charge in [0.15, 0.2) is 0 Å². The van der Waals surface area contributed by atoms with Crippen LogP contribution in [-0.2, 0) is 6.54 Å². The van der Waals surface area contributed by atoms with Crippen molar-refractivity contribution in [1.82, 2.24) is 9.80 Å². The van der Waals surface area contributed by atoms with Gasteiger partial charge < -0.3 is 4.90 Å². The van der Waals surface area contributed by atoms with Gasteiger partial charge in [-0.25, -0.2) is 0 Å². The molecule has 0 bridgehead atoms. The molecule has 28 heavy (non-hydrogen) atoms. The Bertz CT molecular complexity index is 683. The van der Waals surface area contributed by atoms with Crippen molar-refractivity contribution in [2.75, 3.05) is 26.7 Å². The van der Waals surface area contributed by atoms with Gasteiger partial charge >= 0.3 is 0 Å². The minimum absolute atomic E-state index is 0.256. The van der Waals surface area contributed by atoms with Crippen LogP contribution in [0.1, 0.15) is 58.1 Å². The van der Waals surface area contributed by atoms with Crippen LogP contribution < -0.4 is 0 Å². The molecule has 154 valence electrons. The first-order chi connectivity index (χ1) is 13.4. The number of hydrogen-bond acceptors (Lipinski definition) is 2. The van der Waals surface area contributed by atoms with Gasteiger partial charge in [-0.05, 0) is 44.4 Å². The summed E-state index contributed by atoms with van der Waals surface area (Å²) in [5, 5.41) is 0. The lowest BCUT2D eigenvalue weighted by atomic mass is 9.82. The highest BCUT2D eigenvalue weighted by atomic mass is 15.2. The van der Waals surface area contributed by atoms with Gasteiger partial charge in [0.2, 0.25) is 0 Å². The smallest absolute Gasteiger partial charge is 0.0231 e. The van der Waals surface area contributed by atoms with E-state index in [-0.39, 0.29) is 5.41 Å². The fourth-order valence-corrected chi connectivity index (χ4v) is 4.17. The largest absolute Gasteiger partial charge is 0.301 e. The second-order valence-electron chi connectivity index (χ2n) is 8.80. The van der Waals surface area contributed by atoms with Crippen LogP contribution in [0.3, 0.4) is 0 Å². The first-order valence-electron chi connectivity index (χ1n) is 10.9. The van der Waals surface area contributed by atoms with E-state index in [9.17, 15) is 0 Å². The van der Waals surface area contributed by atoms with Gasteiger partial charge in [-0.3, -0.25) is 4.90 Å². The Balaban J connectivity index is 1.97. The predicted molar refractivity (Wildman–Crippen MR) is 124 cm³/mol. The lowest BCUT2D eigenvalue weighted by molar-refractivity contribution is 0.120. The maximum Gasteiger partial charge on any atom is 0.0231 e. The first-order valence-corrected chi connectivity index (χ1v) is 10.9. The third kappa shape index (κ3) is 6.76. The van der Waals surface area contributed by atoms with Crippen LogP contribution in [0.4, 0.5) is 0 Å². The van der Waals surface area contributed by atoms with Crippen LogP contribution in [0.5, 0.6) is 0 Å². The molecule has 0 N–H and O–H groups in total. The van der Waals surface area contributed by atoms with Crippen LogP contribution in [-0.4, -0.2) is 42.5 Å². The lowest BCUT2D eigenvalue weighted by Gasteiger charge is -2.39. The number of rotatable bonds is 11. The fraction of sp³-hybridized carbons (Fsp3) is 0.538. The van der Waals surface area contributed by atoms with Gasteiger partial charge in [0.25, 0.3) is 0 Å². The molecule has 1 atom stereocenters. The summed E-state index contributed by atoms with van der Waals surface area (Å²) in [5.74, 6) is 0. The van der Waals surface area contributed by atoms with Crippen molar-refractivity contribution in [2.45, 2.75) is 59.5 Å². The Morgan fingerprint density at radius 1 is 1.18 bits per heavy atom. The summed E-state index contributed by atoms with van der Waals surface area (Å²) in [6, 6.07) is 9.46. The van der Waals surface area contributed by atoms with E-state index in [1.54, 1.807) is 0 Å². The number of hydrogen-bond donors (Lipinski definition) is 0. The Kier molecular flexibility index (Phi) is 8.72. The van der Waals surface area contributed by atoms with Gasteiger partial charge in [-0.15, -0.1) is 0 Å². The Hall–Kier alpha value is -1.64. The highest BCUT2D eigenvalue weighted by molar-refractivity contribution is 5.61. The van der Waals surface area contributed by atoms with Crippen molar-refractivity contribution in [3.05, 3.63) is 66.3 Å². The minimum Gasteiger partial charge on any atom is -0.301 e. The molecule has 0 heterocycles. The van der Waals surface area contributed by atoms with Crippen molar-refractivity contribution in [3.63, 3.8) is 0 Å². The van der Waals surface area contributed by atoms with Crippen LogP contribution in [0.25, 0.3) is 5.57 Å². The van der Waals surface area contributed by atoms with Gasteiger partial charge in [0.1, 0.15) is 0 Å². The summed E-state index contributed by atoms with van der Waals surface area (Å²) in [7, 11) is 2.24. The molecule has 0 amide bonds. The molecular formula is C26H40N2. The third-order valence-electron chi connectivity index (χ3n) is 5.99. The molecule has 1 aromatic carbocycles. The minimum atomic E-state index is 0.256. The van der Waals surface area contributed by atoms with Crippen LogP contribution in [0, 0.1) is 5.41 Å². The molecule has 0 fully saturated rings. The van der Waals surface area contributed by atoms with E-state index >= 15 is 0 Å². The first kappa shape index (κ1) is 22.6. The highest BCUT2D eigenvalue weighted by Gasteiger charge is 2.27. The second-order valence-corrected chi connectivity index (χ2v) is 8.80. The van der Waals surface area contributed by atoms with E-state index in [4.69, 9.17) is 0 Å². The van der Waals surface area contributed by atoms with E-state index in [2.05, 4.69) is 99.7 Å². The van der Waals surface area contributed by atoms with E-state index in [0.29, 0.717) is 6.04 Å². The second kappa shape index (κ2) is 10.8. The third-order valence-corrected chi connectivity index (χ3v) is 5.99. The number of likely N-dealkylation sites (N-methyl/N-ethyl adjacent to an activating group) is 1. The average Bonchev–Trinajstić information content (AvgIpc) is 2.67. The quantitative estimate of drug-likeness (QED) is 0.453. The van der Waals surface area contributed by atoms with Crippen molar-refractivity contribution in [1.29, 1.82) is 0 Å². The molecule has 2 nitrogen and oxygen atoms in total. The van der Waals surface area contributed by atoms with Crippen molar-refractivity contribution < 1.29 is 0 Å². The summed E-state index contributed by atoms with van der Waals surface area (Å²) < 4.78 is 0. The molecule has 1 aromatic rings. The van der Waals surface area contributed by atoms with Crippen molar-refractivity contribution in [3.8, 4) is 0 Å². The summed E-state index contributed by atoms with van der Waals surface area (Å²) >= 11 is 0. The standard InChI is InChI=1S/C26H40N2/c1-7-25(8-2)28(21-26(5)15-10-9-11-16-26)18-17-27(6)20-23-13-12-14-24(19-23)22(3)4/h9-15,19,25H,3,7-8,16-18,20-21H2,1-2,4-6H3. The molecule has 1 unspecified atom stereocenters. The van der Waals surface area contributed by atoms with Gasteiger partial charge in [-0.2, -0.15) is 0 Å². The number of nitrogens with zero attached hydrogens (tertiary/aromatic N) is 2. The lowest BCUT2D eigenvalue weighted by Crippen LogP contribution is -2.45. The maximum absolute atomic E-state index is 4.07. The monoisotopic (exact) mass is 380 g/mol. The normalized spacial score (nSPS) is 19.1. The van der Waals surface area contributed by atoms with Crippen LogP contribution in [0.15, 0.2) is 55.1 Å². The zero-order valence-corrected chi connectivity index (χ0v) is 18.7. The average molecular weight is 381 g/mol. The highest BCUT2D eigenvalue weighted by Crippen LogP contribution is 2.29. The van der Waals surface area contributed by atoms with Crippen LogP contribution >= 0.6 is 0 Å². The zero-order valence-electron chi connectivity index (χ0n) is 18.7. The van der Waals surface area contributed by atoms with Crippen LogP contribution in [0.2, 0.25) is 0 Å². The SMILES string of the molecule is C=C(C)c1cccc(CN(C)CCN(CC2(C)C=CC=CC2)C(CC)CC)c1. The fourth-order valence-electron chi connectivity index (χ4n) is 4.17. The number of allylic oxidation sites excluding steroid dienone is 4. The van der Waals surface area contributed by atoms with E-state index in [0.717, 1.165) is 38.2 Å². The Morgan fingerprint density at radius 2 is 1.93 bits per heavy atom. The van der Waals surface area contributed by atoms with E-state index in [1.807, 2.05) is 0 Å². The Labute approximate surface area is 173 Å². The van der Waals surface area contributed by atoms with Gasteiger partial charge in [-0.1, -0.05) is 81.5 Å². The summed E-state index contributed by atoms with van der Waals surface area (Å²) in [6.07, 6.45) is 12.7. The maximum atomic E-state index is 4.07. The Morgan fingerprint density at radius 3 is 2.54 bits per heavy atom. The molecule has 0 saturated carbocycles. The molecule has 1 aliphatic carbocycles. The molecule has 0 saturated heterocycles. The summed E-state index contributed by atoms with van der Waals surface area (Å²) in [6.45, 7) is 17.5. The number of benzene rings is 1. The van der Waals surface area contributed by atoms with E-state index in [1.165, 1.54) is 24.0 Å². The van der Waals surface area contributed by atoms with Gasteiger partial charge in [0.05, 0.1) is 0 Å². The van der Waals surface area contributed by atoms with E-state index < -0.39 is 0 Å². The van der Waals surface area contributed by atoms with Crippen molar-refractivity contribution >= 4 is 5.57 Å².